The molecule has 1 N–H and O–H groups in total. The molecular formula is C19H20FNO. The van der Waals surface area contributed by atoms with Crippen molar-refractivity contribution < 1.29 is 9.18 Å². The Morgan fingerprint density at radius 2 is 1.82 bits per heavy atom. The van der Waals surface area contributed by atoms with Gasteiger partial charge in [0.1, 0.15) is 5.82 Å². The summed E-state index contributed by atoms with van der Waals surface area (Å²) in [5.74, 6) is -0.296. The molecule has 3 rings (SSSR count). The molecule has 0 saturated carbocycles. The lowest BCUT2D eigenvalue weighted by atomic mass is 9.90. The number of halogens is 1. The summed E-state index contributed by atoms with van der Waals surface area (Å²) >= 11 is 0. The lowest BCUT2D eigenvalue weighted by Crippen LogP contribution is -2.26. The van der Waals surface area contributed by atoms with E-state index in [0.29, 0.717) is 24.1 Å². The van der Waals surface area contributed by atoms with Gasteiger partial charge in [-0.3, -0.25) is 4.79 Å². The number of carbonyl (C=O) groups is 1. The van der Waals surface area contributed by atoms with Crippen LogP contribution in [-0.2, 0) is 19.3 Å². The van der Waals surface area contributed by atoms with Gasteiger partial charge in [-0.05, 0) is 67.0 Å². The molecule has 22 heavy (non-hydrogen) atoms. The van der Waals surface area contributed by atoms with Gasteiger partial charge in [-0.1, -0.05) is 24.3 Å². The molecule has 1 amide bonds. The largest absolute Gasteiger partial charge is 0.352 e. The smallest absolute Gasteiger partial charge is 0.251 e. The number of hydrogen-bond acceptors (Lipinski definition) is 1. The molecule has 0 heterocycles. The van der Waals surface area contributed by atoms with E-state index < -0.39 is 0 Å². The second-order valence-corrected chi connectivity index (χ2v) is 5.79. The van der Waals surface area contributed by atoms with Crippen LogP contribution >= 0.6 is 0 Å². The maximum absolute atomic E-state index is 13.5. The summed E-state index contributed by atoms with van der Waals surface area (Å²) in [6.07, 6.45) is 5.12. The van der Waals surface area contributed by atoms with Crippen LogP contribution in [0.5, 0.6) is 0 Å². The average Bonchev–Trinajstić information content (AvgIpc) is 2.56. The molecule has 1 aliphatic rings. The molecule has 0 saturated heterocycles. The maximum atomic E-state index is 13.5. The van der Waals surface area contributed by atoms with Gasteiger partial charge in [-0.25, -0.2) is 4.39 Å². The van der Waals surface area contributed by atoms with Crippen LogP contribution in [0.25, 0.3) is 0 Å². The summed E-state index contributed by atoms with van der Waals surface area (Å²) < 4.78 is 13.5. The van der Waals surface area contributed by atoms with E-state index in [4.69, 9.17) is 0 Å². The average molecular weight is 297 g/mol. The molecule has 0 fully saturated rings. The number of fused-ring (bicyclic) bond motifs is 1. The van der Waals surface area contributed by atoms with Crippen molar-refractivity contribution in [3.05, 3.63) is 70.5 Å². The standard InChI is InChI=1S/C19H20FNO/c20-18-8-4-3-6-15(18)11-12-21-19(22)17-10-9-14-5-1-2-7-16(14)13-17/h3-4,6,8-10,13H,1-2,5,7,11-12H2,(H,21,22). The van der Waals surface area contributed by atoms with Crippen molar-refractivity contribution in [2.75, 3.05) is 6.54 Å². The molecule has 114 valence electrons. The van der Waals surface area contributed by atoms with Gasteiger partial charge in [0.2, 0.25) is 0 Å². The molecule has 0 spiro atoms. The molecular weight excluding hydrogens is 277 g/mol. The zero-order valence-corrected chi connectivity index (χ0v) is 12.6. The predicted octanol–water partition coefficient (Wildman–Crippen LogP) is 3.68. The van der Waals surface area contributed by atoms with Crippen LogP contribution < -0.4 is 5.32 Å². The van der Waals surface area contributed by atoms with Gasteiger partial charge in [0.25, 0.3) is 5.91 Å². The van der Waals surface area contributed by atoms with E-state index in [1.165, 1.54) is 30.0 Å². The summed E-state index contributed by atoms with van der Waals surface area (Å²) in [6, 6.07) is 12.6. The molecule has 0 aliphatic heterocycles. The van der Waals surface area contributed by atoms with Gasteiger partial charge in [-0.2, -0.15) is 0 Å². The molecule has 0 bridgehead atoms. The molecule has 0 unspecified atom stereocenters. The summed E-state index contributed by atoms with van der Waals surface area (Å²) in [5, 5.41) is 2.88. The topological polar surface area (TPSA) is 29.1 Å². The van der Waals surface area contributed by atoms with Gasteiger partial charge in [0.15, 0.2) is 0 Å². The highest BCUT2D eigenvalue weighted by Gasteiger charge is 2.12. The molecule has 2 aromatic carbocycles. The Morgan fingerprint density at radius 1 is 1.05 bits per heavy atom. The number of benzene rings is 2. The van der Waals surface area contributed by atoms with Crippen LogP contribution in [0.4, 0.5) is 4.39 Å². The first-order valence-electron chi connectivity index (χ1n) is 7.87. The number of hydrogen-bond donors (Lipinski definition) is 1. The van der Waals surface area contributed by atoms with E-state index in [1.54, 1.807) is 12.1 Å². The van der Waals surface area contributed by atoms with Crippen molar-refractivity contribution in [2.45, 2.75) is 32.1 Å². The molecule has 2 aromatic rings. The number of amides is 1. The fraction of sp³-hybridized carbons (Fsp3) is 0.316. The van der Waals surface area contributed by atoms with Crippen LogP contribution in [0.2, 0.25) is 0 Å². The van der Waals surface area contributed by atoms with Crippen LogP contribution in [0, 0.1) is 5.82 Å². The van der Waals surface area contributed by atoms with Crippen LogP contribution in [0.1, 0.15) is 39.9 Å². The normalized spacial score (nSPS) is 13.5. The first-order chi connectivity index (χ1) is 10.7. The van der Waals surface area contributed by atoms with Gasteiger partial charge in [-0.15, -0.1) is 0 Å². The summed E-state index contributed by atoms with van der Waals surface area (Å²) in [6.45, 7) is 0.441. The van der Waals surface area contributed by atoms with Crippen LogP contribution in [0.15, 0.2) is 42.5 Å². The second-order valence-electron chi connectivity index (χ2n) is 5.79. The zero-order chi connectivity index (χ0) is 15.4. The highest BCUT2D eigenvalue weighted by atomic mass is 19.1. The van der Waals surface area contributed by atoms with E-state index in [-0.39, 0.29) is 11.7 Å². The molecule has 0 aromatic heterocycles. The van der Waals surface area contributed by atoms with Crippen molar-refractivity contribution in [1.29, 1.82) is 0 Å². The maximum Gasteiger partial charge on any atom is 0.251 e. The monoisotopic (exact) mass is 297 g/mol. The van der Waals surface area contributed by atoms with Crippen molar-refractivity contribution >= 4 is 5.91 Å². The van der Waals surface area contributed by atoms with E-state index in [2.05, 4.69) is 11.4 Å². The number of nitrogens with one attached hydrogen (secondary N) is 1. The van der Waals surface area contributed by atoms with E-state index in [9.17, 15) is 9.18 Å². The Bertz CT molecular complexity index is 681. The van der Waals surface area contributed by atoms with Crippen molar-refractivity contribution in [3.63, 3.8) is 0 Å². The number of rotatable bonds is 4. The van der Waals surface area contributed by atoms with Gasteiger partial charge in [0.05, 0.1) is 0 Å². The second kappa shape index (κ2) is 6.73. The first kappa shape index (κ1) is 14.8. The van der Waals surface area contributed by atoms with Gasteiger partial charge >= 0.3 is 0 Å². The summed E-state index contributed by atoms with van der Waals surface area (Å²) in [7, 11) is 0. The summed E-state index contributed by atoms with van der Waals surface area (Å²) in [4.78, 5) is 12.2. The Hall–Kier alpha value is -2.16. The summed E-state index contributed by atoms with van der Waals surface area (Å²) in [5.41, 5.74) is 4.00. The first-order valence-corrected chi connectivity index (χ1v) is 7.87. The molecule has 0 atom stereocenters. The Labute approximate surface area is 130 Å². The van der Waals surface area contributed by atoms with Crippen molar-refractivity contribution in [1.82, 2.24) is 5.32 Å². The van der Waals surface area contributed by atoms with Crippen LogP contribution in [-0.4, -0.2) is 12.5 Å². The minimum Gasteiger partial charge on any atom is -0.352 e. The third-order valence-electron chi connectivity index (χ3n) is 4.25. The van der Waals surface area contributed by atoms with E-state index in [0.717, 1.165) is 12.8 Å². The van der Waals surface area contributed by atoms with Crippen molar-refractivity contribution in [3.8, 4) is 0 Å². The quantitative estimate of drug-likeness (QED) is 0.916. The molecule has 2 nitrogen and oxygen atoms in total. The SMILES string of the molecule is O=C(NCCc1ccccc1F)c1ccc2c(c1)CCCC2. The Balaban J connectivity index is 1.59. The lowest BCUT2D eigenvalue weighted by molar-refractivity contribution is 0.0954. The Morgan fingerprint density at radius 3 is 2.64 bits per heavy atom. The highest BCUT2D eigenvalue weighted by molar-refractivity contribution is 5.94. The lowest BCUT2D eigenvalue weighted by Gasteiger charge is -2.16. The van der Waals surface area contributed by atoms with E-state index >= 15 is 0 Å². The minimum absolute atomic E-state index is 0.0790. The van der Waals surface area contributed by atoms with Crippen LogP contribution in [0.3, 0.4) is 0 Å². The van der Waals surface area contributed by atoms with Crippen molar-refractivity contribution in [2.24, 2.45) is 0 Å². The highest BCUT2D eigenvalue weighted by Crippen LogP contribution is 2.22. The fourth-order valence-corrected chi connectivity index (χ4v) is 2.99. The fourth-order valence-electron chi connectivity index (χ4n) is 2.99. The third kappa shape index (κ3) is 3.35. The molecule has 1 aliphatic carbocycles. The molecule has 0 radical (unpaired) electrons. The zero-order valence-electron chi connectivity index (χ0n) is 12.6. The predicted molar refractivity (Wildman–Crippen MR) is 85.5 cm³/mol. The number of aryl methyl sites for hydroxylation is 2. The molecule has 3 heteroatoms. The van der Waals surface area contributed by atoms with Gasteiger partial charge < -0.3 is 5.32 Å². The third-order valence-corrected chi connectivity index (χ3v) is 4.25. The van der Waals surface area contributed by atoms with Gasteiger partial charge in [0, 0.05) is 12.1 Å². The minimum atomic E-state index is -0.217. The van der Waals surface area contributed by atoms with E-state index in [1.807, 2.05) is 18.2 Å². The number of carbonyl (C=O) groups excluding carboxylic acids is 1. The Kier molecular flexibility index (Phi) is 4.52.